The molecule has 2 rings (SSSR count). The summed E-state index contributed by atoms with van der Waals surface area (Å²) < 4.78 is 23.4. The van der Waals surface area contributed by atoms with Gasteiger partial charge in [-0.25, -0.2) is 0 Å². The molecule has 0 heterocycles. The van der Waals surface area contributed by atoms with Crippen LogP contribution in [-0.4, -0.2) is 31.4 Å². The lowest BCUT2D eigenvalue weighted by molar-refractivity contribution is -0.143. The van der Waals surface area contributed by atoms with Crippen LogP contribution in [0.25, 0.3) is 6.08 Å². The van der Waals surface area contributed by atoms with Crippen molar-refractivity contribution in [2.45, 2.75) is 94.4 Å². The Balaban J connectivity index is 2.76. The molecule has 0 aliphatic rings. The van der Waals surface area contributed by atoms with E-state index in [1.807, 2.05) is 26.8 Å². The van der Waals surface area contributed by atoms with E-state index in [-0.39, 0.29) is 29.3 Å². The number of esters is 2. The molecule has 0 radical (unpaired) electrons. The van der Waals surface area contributed by atoms with E-state index in [2.05, 4.69) is 13.8 Å². The second kappa shape index (κ2) is 14.0. The van der Waals surface area contributed by atoms with Crippen LogP contribution in [0, 0.1) is 10.8 Å². The SMILES string of the molecule is CCCOc1c(C(C)C)cc(C(C)C)c(OC(=O)C(C)(C)C)c1C=C(OC)C(=O)c1ccc(OC(=O)C(C)(C)C)cc1. The minimum atomic E-state index is -0.755. The number of methoxy groups -OCH3 is 1. The normalized spacial score (nSPS) is 12.4. The Morgan fingerprint density at radius 1 is 0.786 bits per heavy atom. The first-order valence-corrected chi connectivity index (χ1v) is 14.6. The largest absolute Gasteiger partial charge is 0.493 e. The summed E-state index contributed by atoms with van der Waals surface area (Å²) in [7, 11) is 1.42. The van der Waals surface area contributed by atoms with Gasteiger partial charge in [0.25, 0.3) is 0 Å². The van der Waals surface area contributed by atoms with Gasteiger partial charge in [0, 0.05) is 5.56 Å². The fraction of sp³-hybridized carbons (Fsp3) is 0.514. The molecule has 0 spiro atoms. The Morgan fingerprint density at radius 3 is 1.74 bits per heavy atom. The lowest BCUT2D eigenvalue weighted by Gasteiger charge is -2.26. The first-order valence-electron chi connectivity index (χ1n) is 14.6. The van der Waals surface area contributed by atoms with Crippen LogP contribution in [0.4, 0.5) is 0 Å². The Hall–Kier alpha value is -3.61. The summed E-state index contributed by atoms with van der Waals surface area (Å²) in [6.07, 6.45) is 2.37. The number of hydrogen-bond acceptors (Lipinski definition) is 7. The van der Waals surface area contributed by atoms with E-state index in [9.17, 15) is 14.4 Å². The molecule has 0 aliphatic carbocycles. The highest BCUT2D eigenvalue weighted by Gasteiger charge is 2.30. The molecule has 0 N–H and O–H groups in total. The third-order valence-corrected chi connectivity index (χ3v) is 6.48. The molecule has 0 saturated heterocycles. The van der Waals surface area contributed by atoms with Crippen molar-refractivity contribution >= 4 is 23.8 Å². The summed E-state index contributed by atoms with van der Waals surface area (Å²) in [5.41, 5.74) is 1.19. The molecule has 0 saturated carbocycles. The first kappa shape index (κ1) is 34.6. The molecule has 0 amide bonds. The van der Waals surface area contributed by atoms with E-state index < -0.39 is 16.8 Å². The number of ketones is 1. The van der Waals surface area contributed by atoms with Crippen LogP contribution in [0.15, 0.2) is 36.1 Å². The fourth-order valence-corrected chi connectivity index (χ4v) is 3.85. The maximum atomic E-state index is 13.7. The smallest absolute Gasteiger partial charge is 0.316 e. The summed E-state index contributed by atoms with van der Waals surface area (Å²) in [6, 6.07) is 8.35. The highest BCUT2D eigenvalue weighted by molar-refractivity contribution is 6.10. The standard InChI is InChI=1S/C35H48O7/c1-13-18-40-30-25(21(2)3)19-26(22(4)5)31(42-33(38)35(9,10)11)27(30)20-28(39-12)29(36)23-14-16-24(17-15-23)41-32(37)34(6,7)8/h14-17,19-22H,13,18H2,1-12H3. The van der Waals surface area contributed by atoms with E-state index in [0.717, 1.165) is 17.5 Å². The quantitative estimate of drug-likeness (QED) is 0.0865. The van der Waals surface area contributed by atoms with Crippen LogP contribution in [0.3, 0.4) is 0 Å². The number of hydrogen-bond donors (Lipinski definition) is 0. The second-order valence-electron chi connectivity index (χ2n) is 13.1. The number of carbonyl (C=O) groups is 3. The van der Waals surface area contributed by atoms with Crippen molar-refractivity contribution in [3.8, 4) is 17.2 Å². The Labute approximate surface area is 251 Å². The molecule has 0 aromatic heterocycles. The van der Waals surface area contributed by atoms with Gasteiger partial charge in [-0.05, 0) is 107 Å². The number of rotatable bonds is 11. The van der Waals surface area contributed by atoms with Crippen LogP contribution in [-0.2, 0) is 14.3 Å². The van der Waals surface area contributed by atoms with Gasteiger partial charge >= 0.3 is 11.9 Å². The monoisotopic (exact) mass is 580 g/mol. The van der Waals surface area contributed by atoms with Crippen molar-refractivity contribution in [3.63, 3.8) is 0 Å². The van der Waals surface area contributed by atoms with Gasteiger partial charge in [-0.15, -0.1) is 0 Å². The van der Waals surface area contributed by atoms with E-state index in [4.69, 9.17) is 18.9 Å². The van der Waals surface area contributed by atoms with Gasteiger partial charge in [-0.2, -0.15) is 0 Å². The number of allylic oxidation sites excluding steroid dienone is 1. The van der Waals surface area contributed by atoms with Gasteiger partial charge in [0.15, 0.2) is 5.76 Å². The summed E-state index contributed by atoms with van der Waals surface area (Å²) in [5, 5.41) is 0. The molecule has 230 valence electrons. The number of carbonyl (C=O) groups excluding carboxylic acids is 3. The molecule has 0 atom stereocenters. The van der Waals surface area contributed by atoms with Gasteiger partial charge < -0.3 is 18.9 Å². The van der Waals surface area contributed by atoms with E-state index in [1.54, 1.807) is 71.9 Å². The molecule has 7 nitrogen and oxygen atoms in total. The highest BCUT2D eigenvalue weighted by Crippen LogP contribution is 2.44. The van der Waals surface area contributed by atoms with Gasteiger partial charge in [0.05, 0.1) is 30.1 Å². The van der Waals surface area contributed by atoms with Gasteiger partial charge in [0.1, 0.15) is 17.2 Å². The zero-order valence-electron chi connectivity index (χ0n) is 27.4. The minimum absolute atomic E-state index is 0.0164. The van der Waals surface area contributed by atoms with Crippen molar-refractivity contribution in [1.82, 2.24) is 0 Å². The molecule has 2 aromatic rings. The predicted octanol–water partition coefficient (Wildman–Crippen LogP) is 8.50. The van der Waals surface area contributed by atoms with Gasteiger partial charge in [0.2, 0.25) is 5.78 Å². The third-order valence-electron chi connectivity index (χ3n) is 6.48. The second-order valence-corrected chi connectivity index (χ2v) is 13.1. The molecule has 0 fully saturated rings. The van der Waals surface area contributed by atoms with Crippen molar-refractivity contribution in [2.24, 2.45) is 10.8 Å². The zero-order chi connectivity index (χ0) is 32.0. The predicted molar refractivity (Wildman–Crippen MR) is 166 cm³/mol. The minimum Gasteiger partial charge on any atom is -0.493 e. The lowest BCUT2D eigenvalue weighted by atomic mass is 9.89. The lowest BCUT2D eigenvalue weighted by Crippen LogP contribution is -2.26. The average Bonchev–Trinajstić information content (AvgIpc) is 2.89. The van der Waals surface area contributed by atoms with Crippen LogP contribution in [0.5, 0.6) is 17.2 Å². The maximum absolute atomic E-state index is 13.7. The number of ether oxygens (including phenoxy) is 4. The summed E-state index contributed by atoms with van der Waals surface area (Å²) >= 11 is 0. The first-order chi connectivity index (χ1) is 19.4. The number of benzene rings is 2. The van der Waals surface area contributed by atoms with E-state index in [0.29, 0.717) is 35.0 Å². The molecule has 0 aliphatic heterocycles. The van der Waals surface area contributed by atoms with Crippen molar-refractivity contribution in [3.05, 3.63) is 58.3 Å². The average molecular weight is 581 g/mol. The highest BCUT2D eigenvalue weighted by atomic mass is 16.5. The fourth-order valence-electron chi connectivity index (χ4n) is 3.85. The Kier molecular flexibility index (Phi) is 11.6. The van der Waals surface area contributed by atoms with Crippen molar-refractivity contribution in [1.29, 1.82) is 0 Å². The third kappa shape index (κ3) is 8.70. The molecule has 0 unspecified atom stereocenters. The topological polar surface area (TPSA) is 88.1 Å². The van der Waals surface area contributed by atoms with Crippen molar-refractivity contribution < 1.29 is 33.3 Å². The molecular formula is C35H48O7. The number of Topliss-reactive ketones (excluding diaryl/α,β-unsaturated/α-hetero) is 1. The molecule has 7 heteroatoms. The Bertz CT molecular complexity index is 1300. The van der Waals surface area contributed by atoms with Crippen LogP contribution in [0.2, 0.25) is 0 Å². The van der Waals surface area contributed by atoms with Crippen molar-refractivity contribution in [2.75, 3.05) is 13.7 Å². The molecule has 42 heavy (non-hydrogen) atoms. The van der Waals surface area contributed by atoms with Crippen LogP contribution >= 0.6 is 0 Å². The summed E-state index contributed by atoms with van der Waals surface area (Å²) in [5.74, 6) is 0.243. The van der Waals surface area contributed by atoms with E-state index >= 15 is 0 Å². The van der Waals surface area contributed by atoms with Crippen LogP contribution in [0.1, 0.15) is 121 Å². The van der Waals surface area contributed by atoms with Crippen LogP contribution < -0.4 is 14.2 Å². The maximum Gasteiger partial charge on any atom is 0.316 e. The molecule has 0 bridgehead atoms. The summed E-state index contributed by atoms with van der Waals surface area (Å²) in [6.45, 7) is 21.4. The zero-order valence-corrected chi connectivity index (χ0v) is 27.4. The Morgan fingerprint density at radius 2 is 1.29 bits per heavy atom. The van der Waals surface area contributed by atoms with Gasteiger partial charge in [-0.1, -0.05) is 34.6 Å². The van der Waals surface area contributed by atoms with E-state index in [1.165, 1.54) is 7.11 Å². The molecule has 2 aromatic carbocycles. The molecular weight excluding hydrogens is 532 g/mol. The summed E-state index contributed by atoms with van der Waals surface area (Å²) in [4.78, 5) is 39.1. The van der Waals surface area contributed by atoms with Gasteiger partial charge in [-0.3, -0.25) is 14.4 Å².